The Labute approximate surface area is 185 Å². The van der Waals surface area contributed by atoms with Crippen LogP contribution in [0.3, 0.4) is 0 Å². The van der Waals surface area contributed by atoms with Gasteiger partial charge in [-0.15, -0.1) is 0 Å². The van der Waals surface area contributed by atoms with Crippen molar-refractivity contribution in [1.29, 1.82) is 0 Å². The Balaban J connectivity index is 1.73. The normalized spacial score (nSPS) is 11.3. The molecule has 32 heavy (non-hydrogen) atoms. The average Bonchev–Trinajstić information content (AvgIpc) is 3.34. The molecular weight excluding hydrogens is 406 g/mol. The van der Waals surface area contributed by atoms with Gasteiger partial charge in [0.05, 0.1) is 16.6 Å². The first kappa shape index (κ1) is 21.3. The largest absolute Gasteiger partial charge is 0.451 e. The molecule has 2 amide bonds. The molecule has 0 saturated carbocycles. The predicted octanol–water partition coefficient (Wildman–Crippen LogP) is 4.55. The highest BCUT2D eigenvalue weighted by Crippen LogP contribution is 2.29. The minimum Gasteiger partial charge on any atom is -0.451 e. The van der Waals surface area contributed by atoms with E-state index in [1.165, 1.54) is 6.07 Å². The van der Waals surface area contributed by atoms with Crippen molar-refractivity contribution in [3.8, 4) is 11.3 Å². The number of nitrogens with two attached hydrogens (primary N) is 1. The molecule has 3 heterocycles. The van der Waals surface area contributed by atoms with Crippen molar-refractivity contribution >= 4 is 28.5 Å². The van der Waals surface area contributed by atoms with Crippen LogP contribution in [0.2, 0.25) is 0 Å². The number of carbonyl (C=O) groups excluding carboxylic acids is 2. The van der Waals surface area contributed by atoms with Crippen molar-refractivity contribution in [2.75, 3.05) is 5.32 Å². The van der Waals surface area contributed by atoms with Gasteiger partial charge in [0, 0.05) is 23.0 Å². The number of anilines is 1. The van der Waals surface area contributed by atoms with Gasteiger partial charge in [-0.1, -0.05) is 12.1 Å². The molecule has 3 N–H and O–H groups in total. The van der Waals surface area contributed by atoms with Crippen LogP contribution in [0, 0.1) is 20.8 Å². The summed E-state index contributed by atoms with van der Waals surface area (Å²) in [6, 6.07) is 10.7. The smallest absolute Gasteiger partial charge is 0.284 e. The number of furan rings is 1. The number of aromatic nitrogens is 3. The highest BCUT2D eigenvalue weighted by molar-refractivity contribution is 6.13. The second kappa shape index (κ2) is 7.96. The van der Waals surface area contributed by atoms with E-state index in [2.05, 4.69) is 15.4 Å². The Bertz CT molecular complexity index is 1360. The monoisotopic (exact) mass is 431 g/mol. The predicted molar refractivity (Wildman–Crippen MR) is 123 cm³/mol. The molecule has 0 radical (unpaired) electrons. The average molecular weight is 431 g/mol. The second-order valence-corrected chi connectivity index (χ2v) is 8.15. The number of carbonyl (C=O) groups is 2. The number of fused-ring (bicyclic) bond motifs is 1. The number of primary amides is 1. The number of nitrogens with zero attached hydrogens (tertiary/aromatic N) is 3. The van der Waals surface area contributed by atoms with Gasteiger partial charge in [0.2, 0.25) is 0 Å². The van der Waals surface area contributed by atoms with Gasteiger partial charge in [0.15, 0.2) is 11.4 Å². The fourth-order valence-electron chi connectivity index (χ4n) is 3.70. The standard InChI is InChI=1S/C24H25N5O3/c1-12(2)29-23-21(15(5)28-29)17(10-14(4)26-23)24(31)27-18-11-16(7-6-13(18)3)19-8-9-20(32-19)22(25)30/h6-12H,1-5H3,(H2,25,30)(H,27,31). The highest BCUT2D eigenvalue weighted by atomic mass is 16.3. The molecule has 164 valence electrons. The minimum atomic E-state index is -0.633. The first-order valence-electron chi connectivity index (χ1n) is 10.3. The van der Waals surface area contributed by atoms with E-state index in [-0.39, 0.29) is 17.7 Å². The van der Waals surface area contributed by atoms with Gasteiger partial charge >= 0.3 is 0 Å². The maximum Gasteiger partial charge on any atom is 0.284 e. The molecule has 4 rings (SSSR count). The fourth-order valence-corrected chi connectivity index (χ4v) is 3.70. The summed E-state index contributed by atoms with van der Waals surface area (Å²) in [5.74, 6) is -0.306. The number of hydrogen-bond acceptors (Lipinski definition) is 5. The summed E-state index contributed by atoms with van der Waals surface area (Å²) in [6.45, 7) is 9.72. The van der Waals surface area contributed by atoms with Crippen molar-refractivity contribution in [2.45, 2.75) is 40.7 Å². The van der Waals surface area contributed by atoms with Gasteiger partial charge in [-0.25, -0.2) is 9.67 Å². The summed E-state index contributed by atoms with van der Waals surface area (Å²) in [5, 5.41) is 8.35. The lowest BCUT2D eigenvalue weighted by molar-refractivity contribution is 0.0973. The molecule has 0 aliphatic carbocycles. The van der Waals surface area contributed by atoms with E-state index in [9.17, 15) is 9.59 Å². The molecule has 8 nitrogen and oxygen atoms in total. The lowest BCUT2D eigenvalue weighted by atomic mass is 10.1. The van der Waals surface area contributed by atoms with Gasteiger partial charge < -0.3 is 15.5 Å². The van der Waals surface area contributed by atoms with Crippen molar-refractivity contribution in [1.82, 2.24) is 14.8 Å². The summed E-state index contributed by atoms with van der Waals surface area (Å²) in [4.78, 5) is 29.3. The molecule has 0 spiro atoms. The lowest BCUT2D eigenvalue weighted by Crippen LogP contribution is -2.14. The van der Waals surface area contributed by atoms with Gasteiger partial charge in [-0.3, -0.25) is 9.59 Å². The molecular formula is C24H25N5O3. The highest BCUT2D eigenvalue weighted by Gasteiger charge is 2.20. The molecule has 0 unspecified atom stereocenters. The Morgan fingerprint density at radius 3 is 2.50 bits per heavy atom. The summed E-state index contributed by atoms with van der Waals surface area (Å²) in [6.07, 6.45) is 0. The first-order chi connectivity index (χ1) is 15.2. The van der Waals surface area contributed by atoms with Crippen LogP contribution in [-0.4, -0.2) is 26.6 Å². The van der Waals surface area contributed by atoms with Crippen LogP contribution >= 0.6 is 0 Å². The molecule has 3 aromatic heterocycles. The SMILES string of the molecule is Cc1cc(C(=O)Nc2cc(-c3ccc(C(N)=O)o3)ccc2C)c2c(C)nn(C(C)C)c2n1. The van der Waals surface area contributed by atoms with E-state index in [0.717, 1.165) is 27.9 Å². The van der Waals surface area contributed by atoms with E-state index < -0.39 is 5.91 Å². The van der Waals surface area contributed by atoms with Gasteiger partial charge in [-0.05, 0) is 64.4 Å². The topological polar surface area (TPSA) is 116 Å². The van der Waals surface area contributed by atoms with Crippen LogP contribution in [0.15, 0.2) is 40.8 Å². The van der Waals surface area contributed by atoms with Gasteiger partial charge in [0.1, 0.15) is 5.76 Å². The summed E-state index contributed by atoms with van der Waals surface area (Å²) >= 11 is 0. The molecule has 0 aliphatic rings. The maximum absolute atomic E-state index is 13.3. The molecule has 0 atom stereocenters. The van der Waals surface area contributed by atoms with Crippen molar-refractivity contribution in [2.24, 2.45) is 5.73 Å². The number of aryl methyl sites for hydroxylation is 3. The minimum absolute atomic E-state index is 0.0819. The quantitative estimate of drug-likeness (QED) is 0.481. The number of amides is 2. The zero-order valence-corrected chi connectivity index (χ0v) is 18.7. The van der Waals surface area contributed by atoms with E-state index in [4.69, 9.17) is 10.2 Å². The van der Waals surface area contributed by atoms with Gasteiger partial charge in [-0.2, -0.15) is 5.10 Å². The number of nitrogens with one attached hydrogen (secondary N) is 1. The third kappa shape index (κ3) is 3.75. The summed E-state index contributed by atoms with van der Waals surface area (Å²) < 4.78 is 7.36. The van der Waals surface area contributed by atoms with Gasteiger partial charge in [0.25, 0.3) is 11.8 Å². The van der Waals surface area contributed by atoms with E-state index in [1.807, 2.05) is 57.5 Å². The molecule has 0 fully saturated rings. The molecule has 8 heteroatoms. The third-order valence-corrected chi connectivity index (χ3v) is 5.32. The van der Waals surface area contributed by atoms with E-state index >= 15 is 0 Å². The summed E-state index contributed by atoms with van der Waals surface area (Å²) in [5.41, 5.74) is 10.2. The molecule has 1 aromatic carbocycles. The van der Waals surface area contributed by atoms with Crippen LogP contribution in [0.1, 0.15) is 57.8 Å². The zero-order chi connectivity index (χ0) is 23.2. The third-order valence-electron chi connectivity index (χ3n) is 5.32. The molecule has 0 aliphatic heterocycles. The second-order valence-electron chi connectivity index (χ2n) is 8.15. The molecule has 0 bridgehead atoms. The molecule has 0 saturated heterocycles. The van der Waals surface area contributed by atoms with Crippen molar-refractivity contribution in [3.05, 3.63) is 64.7 Å². The number of pyridine rings is 1. The van der Waals surface area contributed by atoms with Crippen LogP contribution in [0.4, 0.5) is 5.69 Å². The van der Waals surface area contributed by atoms with Crippen molar-refractivity contribution in [3.63, 3.8) is 0 Å². The Morgan fingerprint density at radius 1 is 1.09 bits per heavy atom. The number of benzene rings is 1. The Hall–Kier alpha value is -3.94. The van der Waals surface area contributed by atoms with Crippen LogP contribution in [-0.2, 0) is 0 Å². The molecule has 4 aromatic rings. The zero-order valence-electron chi connectivity index (χ0n) is 18.7. The number of hydrogen-bond donors (Lipinski definition) is 2. The van der Waals surface area contributed by atoms with Crippen LogP contribution in [0.5, 0.6) is 0 Å². The van der Waals surface area contributed by atoms with E-state index in [0.29, 0.717) is 22.7 Å². The first-order valence-corrected chi connectivity index (χ1v) is 10.3. The maximum atomic E-state index is 13.3. The number of rotatable bonds is 5. The Kier molecular flexibility index (Phi) is 5.30. The van der Waals surface area contributed by atoms with Crippen LogP contribution < -0.4 is 11.1 Å². The Morgan fingerprint density at radius 2 is 1.84 bits per heavy atom. The lowest BCUT2D eigenvalue weighted by Gasteiger charge is -2.12. The van der Waals surface area contributed by atoms with E-state index in [1.54, 1.807) is 12.1 Å². The summed E-state index contributed by atoms with van der Waals surface area (Å²) in [7, 11) is 0. The van der Waals surface area contributed by atoms with Crippen LogP contribution in [0.25, 0.3) is 22.4 Å². The fraction of sp³-hybridized carbons (Fsp3) is 0.250. The van der Waals surface area contributed by atoms with Crippen molar-refractivity contribution < 1.29 is 14.0 Å².